The zero-order chi connectivity index (χ0) is 21.2. The summed E-state index contributed by atoms with van der Waals surface area (Å²) in [5, 5.41) is 9.00. The summed E-state index contributed by atoms with van der Waals surface area (Å²) in [6.45, 7) is 2.95. The van der Waals surface area contributed by atoms with Gasteiger partial charge in [0.2, 0.25) is 0 Å². The van der Waals surface area contributed by atoms with Crippen molar-refractivity contribution in [3.8, 4) is 34.1 Å². The summed E-state index contributed by atoms with van der Waals surface area (Å²) < 4.78 is 20.6. The first-order valence-electron chi connectivity index (χ1n) is 10.7. The fourth-order valence-electron chi connectivity index (χ4n) is 3.57. The van der Waals surface area contributed by atoms with Crippen molar-refractivity contribution in [1.82, 2.24) is 0 Å². The largest absolute Gasteiger partial charge is 0.494 e. The quantitative estimate of drug-likeness (QED) is 0.325. The van der Waals surface area contributed by atoms with Gasteiger partial charge in [-0.3, -0.25) is 0 Å². The van der Waals surface area contributed by atoms with E-state index in [1.165, 1.54) is 38.2 Å². The predicted octanol–water partition coefficient (Wildman–Crippen LogP) is 7.77. The normalized spacial score (nSPS) is 10.6. The van der Waals surface area contributed by atoms with E-state index in [1.807, 2.05) is 30.3 Å². The highest BCUT2D eigenvalue weighted by molar-refractivity contribution is 5.84. The van der Waals surface area contributed by atoms with Crippen LogP contribution in [0.3, 0.4) is 0 Å². The van der Waals surface area contributed by atoms with Crippen LogP contribution in [0.4, 0.5) is 4.39 Å². The number of unbranched alkanes of at least 4 members (excludes halogenated alkanes) is 5. The second kappa shape index (κ2) is 11.2. The van der Waals surface area contributed by atoms with Crippen molar-refractivity contribution in [2.45, 2.75) is 45.4 Å². The van der Waals surface area contributed by atoms with Crippen LogP contribution in [0.2, 0.25) is 0 Å². The highest BCUT2D eigenvalue weighted by Gasteiger charge is 2.13. The lowest BCUT2D eigenvalue weighted by atomic mass is 9.93. The SMILES string of the molecule is CCCCCCCCOc1ccc(-c2cccc(F)c2-c2ccc(C#N)cc2)cc1. The Morgan fingerprint density at radius 1 is 0.800 bits per heavy atom. The van der Waals surface area contributed by atoms with Crippen LogP contribution in [-0.2, 0) is 0 Å². The molecule has 3 rings (SSSR count). The molecule has 0 saturated carbocycles. The van der Waals surface area contributed by atoms with E-state index < -0.39 is 0 Å². The third-order valence-electron chi connectivity index (χ3n) is 5.25. The maximum absolute atomic E-state index is 14.7. The Kier molecular flexibility index (Phi) is 8.03. The summed E-state index contributed by atoms with van der Waals surface area (Å²) in [6.07, 6.45) is 7.43. The number of halogens is 1. The summed E-state index contributed by atoms with van der Waals surface area (Å²) in [5.41, 5.74) is 3.61. The van der Waals surface area contributed by atoms with E-state index in [-0.39, 0.29) is 5.82 Å². The van der Waals surface area contributed by atoms with Crippen LogP contribution in [-0.4, -0.2) is 6.61 Å². The number of hydrogen-bond acceptors (Lipinski definition) is 2. The molecule has 0 heterocycles. The summed E-state index contributed by atoms with van der Waals surface area (Å²) in [7, 11) is 0. The highest BCUT2D eigenvalue weighted by Crippen LogP contribution is 2.35. The molecule has 0 aliphatic heterocycles. The van der Waals surface area contributed by atoms with Gasteiger partial charge in [0.15, 0.2) is 0 Å². The zero-order valence-electron chi connectivity index (χ0n) is 17.5. The van der Waals surface area contributed by atoms with Crippen molar-refractivity contribution in [3.05, 3.63) is 78.1 Å². The number of hydrogen-bond donors (Lipinski definition) is 0. The van der Waals surface area contributed by atoms with Crippen LogP contribution < -0.4 is 4.74 Å². The molecule has 154 valence electrons. The van der Waals surface area contributed by atoms with Gasteiger partial charge in [-0.05, 0) is 53.4 Å². The Morgan fingerprint density at radius 3 is 2.17 bits per heavy atom. The molecule has 0 saturated heterocycles. The van der Waals surface area contributed by atoms with E-state index in [2.05, 4.69) is 13.0 Å². The van der Waals surface area contributed by atoms with E-state index in [1.54, 1.807) is 30.3 Å². The Hall–Kier alpha value is -3.12. The monoisotopic (exact) mass is 401 g/mol. The molecule has 0 aliphatic carbocycles. The van der Waals surface area contributed by atoms with Gasteiger partial charge in [0.05, 0.1) is 18.2 Å². The lowest BCUT2D eigenvalue weighted by Crippen LogP contribution is -1.97. The lowest BCUT2D eigenvalue weighted by molar-refractivity contribution is 0.304. The van der Waals surface area contributed by atoms with Crippen LogP contribution in [0.15, 0.2) is 66.7 Å². The summed E-state index contributed by atoms with van der Waals surface area (Å²) in [4.78, 5) is 0. The fourth-order valence-corrected chi connectivity index (χ4v) is 3.57. The van der Waals surface area contributed by atoms with Gasteiger partial charge in [-0.2, -0.15) is 5.26 Å². The number of nitriles is 1. The first kappa shape index (κ1) is 21.6. The molecule has 3 aromatic carbocycles. The second-order valence-corrected chi connectivity index (χ2v) is 7.49. The van der Waals surface area contributed by atoms with Crippen LogP contribution in [0.5, 0.6) is 5.75 Å². The van der Waals surface area contributed by atoms with Gasteiger partial charge in [0.1, 0.15) is 11.6 Å². The molecule has 30 heavy (non-hydrogen) atoms. The Labute approximate surface area is 179 Å². The third kappa shape index (κ3) is 5.70. The lowest BCUT2D eigenvalue weighted by Gasteiger charge is -2.12. The number of nitrogens with zero attached hydrogens (tertiary/aromatic N) is 1. The van der Waals surface area contributed by atoms with Gasteiger partial charge >= 0.3 is 0 Å². The van der Waals surface area contributed by atoms with Gasteiger partial charge in [-0.25, -0.2) is 4.39 Å². The van der Waals surface area contributed by atoms with E-state index >= 15 is 0 Å². The van der Waals surface area contributed by atoms with Gasteiger partial charge < -0.3 is 4.74 Å². The molecule has 0 aromatic heterocycles. The number of ether oxygens (including phenoxy) is 1. The van der Waals surface area contributed by atoms with Crippen LogP contribution in [0.25, 0.3) is 22.3 Å². The third-order valence-corrected chi connectivity index (χ3v) is 5.25. The number of rotatable bonds is 10. The second-order valence-electron chi connectivity index (χ2n) is 7.49. The van der Waals surface area contributed by atoms with Crippen LogP contribution in [0, 0.1) is 17.1 Å². The minimum absolute atomic E-state index is 0.277. The number of benzene rings is 3. The van der Waals surface area contributed by atoms with E-state index in [0.717, 1.165) is 35.5 Å². The Balaban J connectivity index is 1.69. The summed E-state index contributed by atoms with van der Waals surface area (Å²) >= 11 is 0. The average molecular weight is 402 g/mol. The molecule has 0 fully saturated rings. The molecule has 3 aromatic rings. The van der Waals surface area contributed by atoms with Crippen molar-refractivity contribution < 1.29 is 9.13 Å². The maximum Gasteiger partial charge on any atom is 0.131 e. The first-order chi connectivity index (χ1) is 14.7. The van der Waals surface area contributed by atoms with Crippen LogP contribution in [0.1, 0.15) is 51.0 Å². The molecule has 0 aliphatic rings. The molecule has 0 bridgehead atoms. The van der Waals surface area contributed by atoms with Crippen molar-refractivity contribution in [3.63, 3.8) is 0 Å². The Morgan fingerprint density at radius 2 is 1.47 bits per heavy atom. The smallest absolute Gasteiger partial charge is 0.131 e. The summed E-state index contributed by atoms with van der Waals surface area (Å²) in [6, 6.07) is 22.0. The molecule has 0 spiro atoms. The standard InChI is InChI=1S/C27H28FNO/c1-2-3-4-5-6-7-19-30-24-17-15-22(16-18-24)25-9-8-10-26(28)27(25)23-13-11-21(20-29)12-14-23/h8-18H,2-7,19H2,1H3. The molecule has 0 atom stereocenters. The van der Waals surface area contributed by atoms with Crippen molar-refractivity contribution in [2.75, 3.05) is 6.61 Å². The minimum Gasteiger partial charge on any atom is -0.494 e. The maximum atomic E-state index is 14.7. The highest BCUT2D eigenvalue weighted by atomic mass is 19.1. The molecule has 0 unspecified atom stereocenters. The van der Waals surface area contributed by atoms with Gasteiger partial charge in [0, 0.05) is 5.56 Å². The molecular formula is C27H28FNO. The average Bonchev–Trinajstić information content (AvgIpc) is 2.79. The topological polar surface area (TPSA) is 33.0 Å². The van der Waals surface area contributed by atoms with Crippen molar-refractivity contribution in [1.29, 1.82) is 5.26 Å². The van der Waals surface area contributed by atoms with Gasteiger partial charge in [-0.15, -0.1) is 0 Å². The van der Waals surface area contributed by atoms with Gasteiger partial charge in [-0.1, -0.05) is 75.4 Å². The van der Waals surface area contributed by atoms with Crippen molar-refractivity contribution in [2.24, 2.45) is 0 Å². The predicted molar refractivity (Wildman–Crippen MR) is 121 cm³/mol. The summed E-state index contributed by atoms with van der Waals surface area (Å²) in [5.74, 6) is 0.559. The first-order valence-corrected chi connectivity index (χ1v) is 10.7. The van der Waals surface area contributed by atoms with E-state index in [0.29, 0.717) is 11.1 Å². The molecule has 2 nitrogen and oxygen atoms in total. The molecule has 0 N–H and O–H groups in total. The molecular weight excluding hydrogens is 373 g/mol. The van der Waals surface area contributed by atoms with Crippen LogP contribution >= 0.6 is 0 Å². The Bertz CT molecular complexity index is 971. The van der Waals surface area contributed by atoms with Gasteiger partial charge in [0.25, 0.3) is 0 Å². The van der Waals surface area contributed by atoms with E-state index in [9.17, 15) is 4.39 Å². The molecule has 3 heteroatoms. The van der Waals surface area contributed by atoms with E-state index in [4.69, 9.17) is 10.00 Å². The zero-order valence-corrected chi connectivity index (χ0v) is 17.5. The molecule has 0 amide bonds. The minimum atomic E-state index is -0.277. The van der Waals surface area contributed by atoms with Crippen molar-refractivity contribution >= 4 is 0 Å². The molecule has 0 radical (unpaired) electrons. The fraction of sp³-hybridized carbons (Fsp3) is 0.296.